The number of nitrogens with zero attached hydrogens (tertiary/aromatic N) is 1. The number of hydrogen-bond donors (Lipinski definition) is 1. The number of aromatic nitrogens is 1. The first-order chi connectivity index (χ1) is 8.10. The molecule has 0 radical (unpaired) electrons. The minimum atomic E-state index is -0.802. The average molecular weight is 242 g/mol. The minimum absolute atomic E-state index is 0.106. The molecule has 0 aromatic carbocycles. The summed E-state index contributed by atoms with van der Waals surface area (Å²) >= 11 is 0. The van der Waals surface area contributed by atoms with Crippen LogP contribution < -0.4 is 5.32 Å². The predicted octanol–water partition coefficient (Wildman–Crippen LogP) is 0.958. The van der Waals surface area contributed by atoms with Crippen LogP contribution in [0.1, 0.15) is 17.3 Å². The van der Waals surface area contributed by atoms with E-state index in [0.29, 0.717) is 0 Å². The Labute approximate surface area is 98.9 Å². The number of nitrogens with one attached hydrogen (secondary N) is 1. The quantitative estimate of drug-likeness (QED) is 0.617. The van der Waals surface area contributed by atoms with E-state index in [1.807, 2.05) is 0 Å². The zero-order valence-electron chi connectivity index (χ0n) is 9.94. The second-order valence-electron chi connectivity index (χ2n) is 3.44. The molecule has 94 valence electrons. The predicted molar refractivity (Wildman–Crippen MR) is 58.9 cm³/mol. The first-order valence-corrected chi connectivity index (χ1v) is 5.07. The zero-order chi connectivity index (χ0) is 12.8. The Morgan fingerprint density at radius 1 is 1.47 bits per heavy atom. The summed E-state index contributed by atoms with van der Waals surface area (Å²) in [6.07, 6.45) is 0.696. The van der Waals surface area contributed by atoms with Gasteiger partial charge in [0.25, 0.3) is 5.91 Å². The topological polar surface area (TPSA) is 60.5 Å². The van der Waals surface area contributed by atoms with Crippen LogP contribution in [0.4, 0.5) is 4.39 Å². The Kier molecular flexibility index (Phi) is 4.99. The SMILES string of the molecule is COC(OC)C(C)NC(=O)c1cccnc1F. The number of carbonyl (C=O) groups excluding carboxylic acids is 1. The molecule has 0 bridgehead atoms. The van der Waals surface area contributed by atoms with Crippen molar-refractivity contribution in [3.05, 3.63) is 29.8 Å². The van der Waals surface area contributed by atoms with Gasteiger partial charge in [-0.2, -0.15) is 4.39 Å². The van der Waals surface area contributed by atoms with Crippen LogP contribution in [0, 0.1) is 5.95 Å². The number of ether oxygens (including phenoxy) is 2. The smallest absolute Gasteiger partial charge is 0.256 e. The van der Waals surface area contributed by atoms with Gasteiger partial charge in [-0.1, -0.05) is 0 Å². The van der Waals surface area contributed by atoms with E-state index in [1.54, 1.807) is 6.92 Å². The summed E-state index contributed by atoms with van der Waals surface area (Å²) in [6.45, 7) is 1.70. The molecule has 0 saturated heterocycles. The van der Waals surface area contributed by atoms with Crippen molar-refractivity contribution in [2.75, 3.05) is 14.2 Å². The minimum Gasteiger partial charge on any atom is -0.354 e. The molecule has 1 atom stereocenters. The van der Waals surface area contributed by atoms with Crippen LogP contribution >= 0.6 is 0 Å². The number of halogens is 1. The van der Waals surface area contributed by atoms with Crippen molar-refractivity contribution in [1.29, 1.82) is 0 Å². The van der Waals surface area contributed by atoms with Gasteiger partial charge in [-0.25, -0.2) is 4.98 Å². The van der Waals surface area contributed by atoms with Gasteiger partial charge in [0.1, 0.15) is 0 Å². The lowest BCUT2D eigenvalue weighted by Crippen LogP contribution is -2.43. The molecular formula is C11H15FN2O3. The summed E-state index contributed by atoms with van der Waals surface area (Å²) < 4.78 is 23.2. The van der Waals surface area contributed by atoms with Crippen LogP contribution in [0.5, 0.6) is 0 Å². The van der Waals surface area contributed by atoms with Gasteiger partial charge >= 0.3 is 0 Å². The Morgan fingerprint density at radius 3 is 2.65 bits per heavy atom. The van der Waals surface area contributed by atoms with Crippen molar-refractivity contribution >= 4 is 5.91 Å². The molecule has 5 nitrogen and oxygen atoms in total. The van der Waals surface area contributed by atoms with E-state index in [0.717, 1.165) is 0 Å². The van der Waals surface area contributed by atoms with Crippen LogP contribution in [0.25, 0.3) is 0 Å². The van der Waals surface area contributed by atoms with E-state index in [1.165, 1.54) is 32.5 Å². The Hall–Kier alpha value is -1.53. The highest BCUT2D eigenvalue weighted by atomic mass is 19.1. The van der Waals surface area contributed by atoms with Crippen molar-refractivity contribution < 1.29 is 18.7 Å². The number of rotatable bonds is 5. The molecule has 0 saturated carbocycles. The normalized spacial score (nSPS) is 12.5. The molecule has 0 aliphatic rings. The lowest BCUT2D eigenvalue weighted by atomic mass is 10.2. The van der Waals surface area contributed by atoms with Crippen molar-refractivity contribution in [3.8, 4) is 0 Å². The number of carbonyl (C=O) groups is 1. The monoisotopic (exact) mass is 242 g/mol. The van der Waals surface area contributed by atoms with E-state index in [4.69, 9.17) is 9.47 Å². The first-order valence-electron chi connectivity index (χ1n) is 5.07. The molecule has 1 aromatic rings. The van der Waals surface area contributed by atoms with Crippen molar-refractivity contribution in [1.82, 2.24) is 10.3 Å². The highest BCUT2D eigenvalue weighted by molar-refractivity contribution is 5.94. The maximum absolute atomic E-state index is 13.2. The highest BCUT2D eigenvalue weighted by Gasteiger charge is 2.20. The van der Waals surface area contributed by atoms with Crippen LogP contribution in [0.3, 0.4) is 0 Å². The third-order valence-electron chi connectivity index (χ3n) is 2.24. The third-order valence-corrected chi connectivity index (χ3v) is 2.24. The number of amides is 1. The lowest BCUT2D eigenvalue weighted by Gasteiger charge is -2.22. The molecule has 1 unspecified atom stereocenters. The molecular weight excluding hydrogens is 227 g/mol. The van der Waals surface area contributed by atoms with E-state index in [-0.39, 0.29) is 5.56 Å². The molecule has 0 spiro atoms. The molecule has 0 aliphatic carbocycles. The summed E-state index contributed by atoms with van der Waals surface area (Å²) in [5.41, 5.74) is -0.106. The van der Waals surface area contributed by atoms with Gasteiger partial charge in [-0.15, -0.1) is 0 Å². The maximum atomic E-state index is 13.2. The first kappa shape index (κ1) is 13.5. The lowest BCUT2D eigenvalue weighted by molar-refractivity contribution is -0.117. The molecule has 0 aliphatic heterocycles. The molecule has 1 heterocycles. The van der Waals surface area contributed by atoms with E-state index in [2.05, 4.69) is 10.3 Å². The fraction of sp³-hybridized carbons (Fsp3) is 0.455. The molecule has 6 heteroatoms. The highest BCUT2D eigenvalue weighted by Crippen LogP contribution is 2.05. The van der Waals surface area contributed by atoms with Crippen LogP contribution in [0.2, 0.25) is 0 Å². The largest absolute Gasteiger partial charge is 0.354 e. The van der Waals surface area contributed by atoms with E-state index < -0.39 is 24.2 Å². The van der Waals surface area contributed by atoms with Gasteiger partial charge < -0.3 is 14.8 Å². The number of hydrogen-bond acceptors (Lipinski definition) is 4. The van der Waals surface area contributed by atoms with Gasteiger partial charge in [0.2, 0.25) is 5.95 Å². The zero-order valence-corrected chi connectivity index (χ0v) is 9.94. The Morgan fingerprint density at radius 2 is 2.12 bits per heavy atom. The average Bonchev–Trinajstić information content (AvgIpc) is 2.31. The maximum Gasteiger partial charge on any atom is 0.256 e. The molecule has 1 N–H and O–H groups in total. The van der Waals surface area contributed by atoms with Crippen molar-refractivity contribution in [2.45, 2.75) is 19.3 Å². The van der Waals surface area contributed by atoms with Gasteiger partial charge in [0, 0.05) is 20.4 Å². The second-order valence-corrected chi connectivity index (χ2v) is 3.44. The van der Waals surface area contributed by atoms with Crippen LogP contribution in [0.15, 0.2) is 18.3 Å². The number of methoxy groups -OCH3 is 2. The molecule has 0 fully saturated rings. The third kappa shape index (κ3) is 3.47. The second kappa shape index (κ2) is 6.27. The Balaban J connectivity index is 2.70. The van der Waals surface area contributed by atoms with Gasteiger partial charge in [0.05, 0.1) is 11.6 Å². The van der Waals surface area contributed by atoms with Crippen LogP contribution in [-0.4, -0.2) is 37.4 Å². The van der Waals surface area contributed by atoms with Gasteiger partial charge in [-0.05, 0) is 19.1 Å². The fourth-order valence-electron chi connectivity index (χ4n) is 1.41. The van der Waals surface area contributed by atoms with E-state index in [9.17, 15) is 9.18 Å². The van der Waals surface area contributed by atoms with Crippen LogP contribution in [-0.2, 0) is 9.47 Å². The molecule has 1 amide bonds. The summed E-state index contributed by atoms with van der Waals surface area (Å²) in [4.78, 5) is 15.1. The van der Waals surface area contributed by atoms with E-state index >= 15 is 0 Å². The van der Waals surface area contributed by atoms with Gasteiger partial charge in [0.15, 0.2) is 6.29 Å². The van der Waals surface area contributed by atoms with Crippen molar-refractivity contribution in [2.24, 2.45) is 0 Å². The molecule has 1 rings (SSSR count). The summed E-state index contributed by atoms with van der Waals surface area (Å²) in [7, 11) is 2.92. The summed E-state index contributed by atoms with van der Waals surface area (Å²) in [5.74, 6) is -1.36. The standard InChI is InChI=1S/C11H15FN2O3/c1-7(11(16-2)17-3)14-10(15)8-5-4-6-13-9(8)12/h4-7,11H,1-3H3,(H,14,15). The fourth-order valence-corrected chi connectivity index (χ4v) is 1.41. The summed E-state index contributed by atoms with van der Waals surface area (Å²) in [6, 6.07) is 2.45. The molecule has 1 aromatic heterocycles. The summed E-state index contributed by atoms with van der Waals surface area (Å²) in [5, 5.41) is 2.57. The van der Waals surface area contributed by atoms with Crippen molar-refractivity contribution in [3.63, 3.8) is 0 Å². The number of pyridine rings is 1. The molecule has 17 heavy (non-hydrogen) atoms. The van der Waals surface area contributed by atoms with Gasteiger partial charge in [-0.3, -0.25) is 4.79 Å². The Bertz CT molecular complexity index is 383.